The SMILES string of the molecule is N#Cc1ccc(-c2cnn(-c3ccc(NC(=O)C4CC4)cn3)c2O)cc1. The molecule has 7 heteroatoms. The Morgan fingerprint density at radius 1 is 1.19 bits per heavy atom. The molecule has 0 radical (unpaired) electrons. The average Bonchev–Trinajstić information content (AvgIpc) is 3.46. The third-order valence-electron chi connectivity index (χ3n) is 4.25. The number of hydrogen-bond donors (Lipinski definition) is 2. The first-order valence-electron chi connectivity index (χ1n) is 8.20. The highest BCUT2D eigenvalue weighted by Crippen LogP contribution is 2.31. The number of benzene rings is 1. The summed E-state index contributed by atoms with van der Waals surface area (Å²) >= 11 is 0. The number of nitrogens with one attached hydrogen (secondary N) is 1. The summed E-state index contributed by atoms with van der Waals surface area (Å²) in [6.45, 7) is 0. The molecule has 7 nitrogen and oxygen atoms in total. The van der Waals surface area contributed by atoms with Gasteiger partial charge in [0.2, 0.25) is 11.8 Å². The second kappa shape index (κ2) is 6.33. The van der Waals surface area contributed by atoms with Crippen LogP contribution in [-0.2, 0) is 4.79 Å². The molecule has 0 aliphatic heterocycles. The number of carbonyl (C=O) groups excluding carboxylic acids is 1. The number of rotatable bonds is 4. The van der Waals surface area contributed by atoms with Crippen LogP contribution in [0.15, 0.2) is 48.8 Å². The first-order valence-corrected chi connectivity index (χ1v) is 8.20. The number of nitriles is 1. The Hall–Kier alpha value is -3.66. The van der Waals surface area contributed by atoms with E-state index in [0.717, 1.165) is 18.4 Å². The first-order chi connectivity index (χ1) is 12.7. The summed E-state index contributed by atoms with van der Waals surface area (Å²) in [5.41, 5.74) is 2.46. The van der Waals surface area contributed by atoms with E-state index in [1.165, 1.54) is 10.9 Å². The van der Waals surface area contributed by atoms with Crippen LogP contribution in [0.2, 0.25) is 0 Å². The molecule has 3 aromatic rings. The lowest BCUT2D eigenvalue weighted by molar-refractivity contribution is -0.117. The summed E-state index contributed by atoms with van der Waals surface area (Å²) in [5, 5.41) is 26.4. The van der Waals surface area contributed by atoms with E-state index >= 15 is 0 Å². The van der Waals surface area contributed by atoms with Gasteiger partial charge in [-0.25, -0.2) is 4.98 Å². The lowest BCUT2D eigenvalue weighted by Crippen LogP contribution is -2.13. The Balaban J connectivity index is 1.57. The summed E-state index contributed by atoms with van der Waals surface area (Å²) in [4.78, 5) is 16.0. The normalized spacial score (nSPS) is 13.2. The van der Waals surface area contributed by atoms with Crippen molar-refractivity contribution in [2.45, 2.75) is 12.8 Å². The van der Waals surface area contributed by atoms with Crippen LogP contribution in [0.5, 0.6) is 5.88 Å². The summed E-state index contributed by atoms with van der Waals surface area (Å²) in [6, 6.07) is 12.3. The monoisotopic (exact) mass is 345 g/mol. The highest BCUT2D eigenvalue weighted by molar-refractivity contribution is 5.93. The molecule has 2 N–H and O–H groups in total. The molecule has 1 saturated carbocycles. The van der Waals surface area contributed by atoms with Crippen LogP contribution in [-0.4, -0.2) is 25.8 Å². The number of aromatic nitrogens is 3. The molecule has 1 aromatic carbocycles. The molecule has 128 valence electrons. The van der Waals surface area contributed by atoms with Gasteiger partial charge in [-0.15, -0.1) is 0 Å². The van der Waals surface area contributed by atoms with Crippen LogP contribution in [0.4, 0.5) is 5.69 Å². The summed E-state index contributed by atoms with van der Waals surface area (Å²) < 4.78 is 1.32. The molecule has 0 bridgehead atoms. The number of nitrogens with zero attached hydrogens (tertiary/aromatic N) is 4. The van der Waals surface area contributed by atoms with Crippen LogP contribution in [0.1, 0.15) is 18.4 Å². The van der Waals surface area contributed by atoms with Crippen LogP contribution in [0, 0.1) is 17.2 Å². The molecule has 1 amide bonds. The van der Waals surface area contributed by atoms with Gasteiger partial charge in [-0.1, -0.05) is 12.1 Å². The summed E-state index contributed by atoms with van der Waals surface area (Å²) in [7, 11) is 0. The summed E-state index contributed by atoms with van der Waals surface area (Å²) in [6.07, 6.45) is 4.96. The Bertz CT molecular complexity index is 996. The van der Waals surface area contributed by atoms with Crippen molar-refractivity contribution in [2.75, 3.05) is 5.32 Å². The van der Waals surface area contributed by atoms with E-state index in [1.54, 1.807) is 42.6 Å². The largest absolute Gasteiger partial charge is 0.493 e. The molecular weight excluding hydrogens is 330 g/mol. The maximum absolute atomic E-state index is 11.8. The van der Waals surface area contributed by atoms with Gasteiger partial charge < -0.3 is 10.4 Å². The van der Waals surface area contributed by atoms with Gasteiger partial charge in [0.1, 0.15) is 0 Å². The predicted octanol–water partition coefficient (Wildman–Crippen LogP) is 2.86. The lowest BCUT2D eigenvalue weighted by atomic mass is 10.1. The summed E-state index contributed by atoms with van der Waals surface area (Å²) in [5.74, 6) is 0.535. The minimum atomic E-state index is -0.0445. The van der Waals surface area contributed by atoms with E-state index in [9.17, 15) is 9.90 Å². The van der Waals surface area contributed by atoms with Crippen molar-refractivity contribution in [3.05, 3.63) is 54.4 Å². The highest BCUT2D eigenvalue weighted by Gasteiger charge is 2.29. The molecule has 1 fully saturated rings. The highest BCUT2D eigenvalue weighted by atomic mass is 16.3. The van der Waals surface area contributed by atoms with E-state index in [4.69, 9.17) is 5.26 Å². The number of anilines is 1. The van der Waals surface area contributed by atoms with Gasteiger partial charge in [-0.05, 0) is 42.7 Å². The van der Waals surface area contributed by atoms with Crippen molar-refractivity contribution >= 4 is 11.6 Å². The number of hydrogen-bond acceptors (Lipinski definition) is 5. The maximum Gasteiger partial charge on any atom is 0.227 e. The maximum atomic E-state index is 11.8. The fourth-order valence-electron chi connectivity index (χ4n) is 2.61. The zero-order valence-corrected chi connectivity index (χ0v) is 13.8. The Labute approximate surface area is 149 Å². The molecular formula is C19H15N5O2. The molecule has 0 unspecified atom stereocenters. The van der Waals surface area contributed by atoms with Crippen molar-refractivity contribution in [1.82, 2.24) is 14.8 Å². The van der Waals surface area contributed by atoms with E-state index in [1.807, 2.05) is 0 Å². The van der Waals surface area contributed by atoms with Crippen LogP contribution >= 0.6 is 0 Å². The van der Waals surface area contributed by atoms with Crippen molar-refractivity contribution in [2.24, 2.45) is 5.92 Å². The van der Waals surface area contributed by atoms with E-state index in [2.05, 4.69) is 21.5 Å². The third kappa shape index (κ3) is 3.00. The molecule has 1 aliphatic carbocycles. The quantitative estimate of drug-likeness (QED) is 0.757. The van der Waals surface area contributed by atoms with Crippen molar-refractivity contribution < 1.29 is 9.90 Å². The van der Waals surface area contributed by atoms with Crippen molar-refractivity contribution in [3.63, 3.8) is 0 Å². The number of aromatic hydroxyl groups is 1. The molecule has 1 aliphatic rings. The first kappa shape index (κ1) is 15.8. The topological polar surface area (TPSA) is 104 Å². The molecule has 0 spiro atoms. The van der Waals surface area contributed by atoms with Gasteiger partial charge in [0.05, 0.1) is 35.3 Å². The Kier molecular flexibility index (Phi) is 3.86. The Morgan fingerprint density at radius 2 is 1.96 bits per heavy atom. The zero-order chi connectivity index (χ0) is 18.1. The minimum Gasteiger partial charge on any atom is -0.493 e. The molecule has 26 heavy (non-hydrogen) atoms. The van der Waals surface area contributed by atoms with Crippen molar-refractivity contribution in [1.29, 1.82) is 5.26 Å². The van der Waals surface area contributed by atoms with Crippen molar-refractivity contribution in [3.8, 4) is 28.9 Å². The molecule has 2 aromatic heterocycles. The second-order valence-electron chi connectivity index (χ2n) is 6.15. The van der Waals surface area contributed by atoms with Crippen LogP contribution in [0.3, 0.4) is 0 Å². The molecule has 0 saturated heterocycles. The Morgan fingerprint density at radius 3 is 2.58 bits per heavy atom. The van der Waals surface area contributed by atoms with Gasteiger partial charge in [0, 0.05) is 5.92 Å². The van der Waals surface area contributed by atoms with Crippen LogP contribution < -0.4 is 5.32 Å². The van der Waals surface area contributed by atoms with Crippen LogP contribution in [0.25, 0.3) is 16.9 Å². The fourth-order valence-corrected chi connectivity index (χ4v) is 2.61. The zero-order valence-electron chi connectivity index (χ0n) is 13.8. The number of pyridine rings is 1. The lowest BCUT2D eigenvalue weighted by Gasteiger charge is -2.06. The minimum absolute atomic E-state index is 0.0181. The smallest absolute Gasteiger partial charge is 0.227 e. The molecule has 0 atom stereocenters. The number of carbonyl (C=O) groups is 1. The fraction of sp³-hybridized carbons (Fsp3) is 0.158. The molecule has 4 rings (SSSR count). The average molecular weight is 345 g/mol. The second-order valence-corrected chi connectivity index (χ2v) is 6.15. The predicted molar refractivity (Wildman–Crippen MR) is 94.5 cm³/mol. The molecule has 2 heterocycles. The van der Waals surface area contributed by atoms with Gasteiger partial charge in [-0.3, -0.25) is 4.79 Å². The van der Waals surface area contributed by atoms with E-state index in [0.29, 0.717) is 22.6 Å². The third-order valence-corrected chi connectivity index (χ3v) is 4.25. The standard InChI is InChI=1S/C19H15N5O2/c20-9-12-1-3-13(4-2-12)16-11-22-24(19(16)26)17-8-7-15(10-21-17)23-18(25)14-5-6-14/h1-4,7-8,10-11,14,26H,5-6H2,(H,23,25). The van der Waals surface area contributed by atoms with Gasteiger partial charge in [0.15, 0.2) is 5.82 Å². The van der Waals surface area contributed by atoms with Gasteiger partial charge in [0.25, 0.3) is 0 Å². The van der Waals surface area contributed by atoms with E-state index < -0.39 is 0 Å². The van der Waals surface area contributed by atoms with Gasteiger partial charge in [-0.2, -0.15) is 15.0 Å². The number of amides is 1. The van der Waals surface area contributed by atoms with E-state index in [-0.39, 0.29) is 17.7 Å². The van der Waals surface area contributed by atoms with Gasteiger partial charge >= 0.3 is 0 Å².